The van der Waals surface area contributed by atoms with Crippen LogP contribution in [0.1, 0.15) is 12.1 Å². The topological polar surface area (TPSA) is 187 Å². The number of nitrogens with one attached hydrogen (secondary N) is 1. The zero-order valence-electron chi connectivity index (χ0n) is 16.5. The molecule has 3 rings (SSSR count). The molecule has 0 aliphatic carbocycles. The van der Waals surface area contributed by atoms with E-state index in [-0.39, 0.29) is 27.8 Å². The Morgan fingerprint density at radius 2 is 2.22 bits per heavy atom. The maximum absolute atomic E-state index is 12.9. The number of carbonyl (C=O) groups is 4. The standard InChI is InChI=1S/C18H17N5O6S3/c1-30-10(4-19)8-5-31-16-12(15(27)23(16)13(8)17(28)29)22-14(26)7(2-3-11(24)25)9-6-32-18(20)21-9/h2,6,10,12,16H,3,5H2,1H3,(H2,20,21)(H,22,26)(H,24,25)(H,28,29)/t10?,12-,16+/m1/s1. The van der Waals surface area contributed by atoms with E-state index in [4.69, 9.17) is 10.8 Å². The number of thiazole rings is 1. The first kappa shape index (κ1) is 23.6. The van der Waals surface area contributed by atoms with Crippen LogP contribution in [0, 0.1) is 11.3 Å². The predicted octanol–water partition coefficient (Wildman–Crippen LogP) is 0.577. The first-order valence-electron chi connectivity index (χ1n) is 8.97. The number of carboxylic acids is 2. The summed E-state index contributed by atoms with van der Waals surface area (Å²) in [6, 6.07) is 1.02. The highest BCUT2D eigenvalue weighted by Crippen LogP contribution is 2.42. The van der Waals surface area contributed by atoms with Gasteiger partial charge in [-0.3, -0.25) is 19.3 Å². The molecule has 5 N–H and O–H groups in total. The first-order chi connectivity index (χ1) is 15.2. The van der Waals surface area contributed by atoms with Crippen molar-refractivity contribution in [2.45, 2.75) is 23.1 Å². The number of nitrogens with zero attached hydrogens (tertiary/aromatic N) is 3. The zero-order chi connectivity index (χ0) is 23.6. The molecule has 1 saturated heterocycles. The minimum Gasteiger partial charge on any atom is -0.481 e. The number of nitrogen functional groups attached to an aromatic ring is 1. The van der Waals surface area contributed by atoms with Gasteiger partial charge in [-0.05, 0) is 11.8 Å². The Balaban J connectivity index is 1.84. The molecule has 168 valence electrons. The van der Waals surface area contributed by atoms with Crippen molar-refractivity contribution < 1.29 is 29.4 Å². The molecule has 3 heterocycles. The van der Waals surface area contributed by atoms with Crippen molar-refractivity contribution in [2.24, 2.45) is 0 Å². The highest BCUT2D eigenvalue weighted by molar-refractivity contribution is 8.01. The molecule has 1 aromatic heterocycles. The van der Waals surface area contributed by atoms with E-state index in [1.165, 1.54) is 35.0 Å². The first-order valence-corrected chi connectivity index (χ1v) is 12.2. The van der Waals surface area contributed by atoms with E-state index in [1.807, 2.05) is 6.07 Å². The van der Waals surface area contributed by atoms with Gasteiger partial charge >= 0.3 is 11.9 Å². The molecule has 0 bridgehead atoms. The van der Waals surface area contributed by atoms with Gasteiger partial charge in [0.2, 0.25) is 0 Å². The number of nitrogens with two attached hydrogens (primary N) is 1. The average molecular weight is 496 g/mol. The summed E-state index contributed by atoms with van der Waals surface area (Å²) in [5.74, 6) is -3.61. The summed E-state index contributed by atoms with van der Waals surface area (Å²) in [7, 11) is 0. The normalized spacial score (nSPS) is 21.3. The lowest BCUT2D eigenvalue weighted by Gasteiger charge is -2.49. The fourth-order valence-electron chi connectivity index (χ4n) is 3.25. The summed E-state index contributed by atoms with van der Waals surface area (Å²) in [6.45, 7) is 0. The van der Waals surface area contributed by atoms with Gasteiger partial charge in [-0.2, -0.15) is 5.26 Å². The van der Waals surface area contributed by atoms with Gasteiger partial charge in [-0.1, -0.05) is 6.08 Å². The molecule has 11 nitrogen and oxygen atoms in total. The minimum atomic E-state index is -1.32. The highest BCUT2D eigenvalue weighted by atomic mass is 32.2. The molecule has 2 amide bonds. The number of hydrogen-bond acceptors (Lipinski definition) is 10. The number of β-lactam (4-membered cyclic amide) rings is 1. The number of aliphatic carboxylic acids is 2. The molecule has 3 atom stereocenters. The Labute approximate surface area is 194 Å². The average Bonchev–Trinajstić information content (AvgIpc) is 3.17. The number of hydrogen-bond donors (Lipinski definition) is 4. The zero-order valence-corrected chi connectivity index (χ0v) is 18.9. The number of amides is 2. The van der Waals surface area contributed by atoms with Crippen molar-refractivity contribution in [1.29, 1.82) is 5.26 Å². The lowest BCUT2D eigenvalue weighted by Crippen LogP contribution is -2.70. The van der Waals surface area contributed by atoms with Crippen LogP contribution >= 0.6 is 34.9 Å². The lowest BCUT2D eigenvalue weighted by molar-refractivity contribution is -0.150. The van der Waals surface area contributed by atoms with Crippen LogP contribution < -0.4 is 11.1 Å². The Morgan fingerprint density at radius 3 is 2.75 bits per heavy atom. The van der Waals surface area contributed by atoms with E-state index in [1.54, 1.807) is 6.26 Å². The number of carboxylic acid groups (broad SMARTS) is 2. The molecule has 0 aromatic carbocycles. The van der Waals surface area contributed by atoms with E-state index < -0.39 is 46.8 Å². The summed E-state index contributed by atoms with van der Waals surface area (Å²) >= 11 is 3.49. The van der Waals surface area contributed by atoms with Crippen LogP contribution in [0.3, 0.4) is 0 Å². The van der Waals surface area contributed by atoms with Crippen LogP contribution in [0.5, 0.6) is 0 Å². The van der Waals surface area contributed by atoms with Gasteiger partial charge in [0.15, 0.2) is 5.13 Å². The maximum Gasteiger partial charge on any atom is 0.352 e. The second-order valence-corrected chi connectivity index (χ2v) is 9.51. The minimum absolute atomic E-state index is 0.0472. The third-order valence-corrected chi connectivity index (χ3v) is 7.52. The van der Waals surface area contributed by atoms with Crippen molar-refractivity contribution in [2.75, 3.05) is 17.7 Å². The second-order valence-electron chi connectivity index (χ2n) is 6.57. The monoisotopic (exact) mass is 495 g/mol. The van der Waals surface area contributed by atoms with E-state index in [0.717, 1.165) is 16.2 Å². The van der Waals surface area contributed by atoms with Crippen LogP contribution in [-0.2, 0) is 19.2 Å². The smallest absolute Gasteiger partial charge is 0.352 e. The number of nitriles is 1. The molecule has 1 fully saturated rings. The van der Waals surface area contributed by atoms with Crippen LogP contribution in [0.2, 0.25) is 0 Å². The van der Waals surface area contributed by atoms with Gasteiger partial charge in [-0.25, -0.2) is 9.78 Å². The second kappa shape index (κ2) is 9.63. The Bertz CT molecular complexity index is 1090. The largest absolute Gasteiger partial charge is 0.481 e. The molecule has 2 aliphatic heterocycles. The highest BCUT2D eigenvalue weighted by Gasteiger charge is 2.55. The van der Waals surface area contributed by atoms with Crippen LogP contribution in [-0.4, -0.2) is 72.5 Å². The van der Waals surface area contributed by atoms with Crippen molar-refractivity contribution in [3.8, 4) is 6.07 Å². The molecule has 0 radical (unpaired) electrons. The van der Waals surface area contributed by atoms with Gasteiger partial charge in [0, 0.05) is 11.1 Å². The van der Waals surface area contributed by atoms with E-state index in [2.05, 4.69) is 10.3 Å². The van der Waals surface area contributed by atoms with Crippen molar-refractivity contribution >= 4 is 69.3 Å². The number of carbonyl (C=O) groups excluding carboxylic acids is 2. The molecule has 0 saturated carbocycles. The van der Waals surface area contributed by atoms with Crippen LogP contribution in [0.25, 0.3) is 5.57 Å². The lowest BCUT2D eigenvalue weighted by atomic mass is 10.0. The van der Waals surface area contributed by atoms with Crippen molar-refractivity contribution in [3.05, 3.63) is 28.4 Å². The number of fused-ring (bicyclic) bond motifs is 1. The molecule has 1 unspecified atom stereocenters. The van der Waals surface area contributed by atoms with Gasteiger partial charge in [0.05, 0.1) is 23.8 Å². The quantitative estimate of drug-likeness (QED) is 0.292. The third kappa shape index (κ3) is 4.45. The number of thioether (sulfide) groups is 2. The molecule has 0 spiro atoms. The summed E-state index contributed by atoms with van der Waals surface area (Å²) in [4.78, 5) is 53.6. The third-order valence-electron chi connectivity index (χ3n) is 4.68. The molecule has 1 aromatic rings. The van der Waals surface area contributed by atoms with Gasteiger partial charge in [0.1, 0.15) is 22.4 Å². The van der Waals surface area contributed by atoms with Crippen molar-refractivity contribution in [3.63, 3.8) is 0 Å². The fourth-order valence-corrected chi connectivity index (χ4v) is 5.89. The Morgan fingerprint density at radius 1 is 1.50 bits per heavy atom. The predicted molar refractivity (Wildman–Crippen MR) is 119 cm³/mol. The van der Waals surface area contributed by atoms with Crippen LogP contribution in [0.15, 0.2) is 22.7 Å². The maximum atomic E-state index is 12.9. The summed E-state index contributed by atoms with van der Waals surface area (Å²) in [6.07, 6.45) is 2.41. The SMILES string of the molecule is CSC(C#N)C1=C(C(=O)O)N2C(=O)[C@@H](NC(=O)C(=CCC(=O)O)c3csc(N)n3)[C@@H]2SC1. The van der Waals surface area contributed by atoms with Gasteiger partial charge in [0.25, 0.3) is 11.8 Å². The molecular formula is C18H17N5O6S3. The van der Waals surface area contributed by atoms with Gasteiger partial charge in [-0.15, -0.1) is 34.9 Å². The molecule has 32 heavy (non-hydrogen) atoms. The number of aromatic nitrogens is 1. The molecule has 14 heteroatoms. The molecular weight excluding hydrogens is 478 g/mol. The fraction of sp³-hybridized carbons (Fsp3) is 0.333. The van der Waals surface area contributed by atoms with E-state index >= 15 is 0 Å². The number of rotatable bonds is 8. The van der Waals surface area contributed by atoms with E-state index in [0.29, 0.717) is 5.57 Å². The van der Waals surface area contributed by atoms with Crippen LogP contribution in [0.4, 0.5) is 5.13 Å². The summed E-state index contributed by atoms with van der Waals surface area (Å²) < 4.78 is 0. The summed E-state index contributed by atoms with van der Waals surface area (Å²) in [5.41, 5.74) is 5.84. The Kier molecular flexibility index (Phi) is 7.12. The Hall–Kier alpha value is -3.02. The van der Waals surface area contributed by atoms with E-state index in [9.17, 15) is 29.5 Å². The van der Waals surface area contributed by atoms with Crippen molar-refractivity contribution in [1.82, 2.24) is 15.2 Å². The van der Waals surface area contributed by atoms with Gasteiger partial charge < -0.3 is 21.3 Å². The number of anilines is 1. The molecule has 2 aliphatic rings. The summed E-state index contributed by atoms with van der Waals surface area (Å²) in [5, 5.41) is 30.8.